The van der Waals surface area contributed by atoms with Gasteiger partial charge in [0.2, 0.25) is 0 Å². The predicted molar refractivity (Wildman–Crippen MR) is 73.0 cm³/mol. The van der Waals surface area contributed by atoms with Crippen molar-refractivity contribution in [1.82, 2.24) is 20.3 Å². The summed E-state index contributed by atoms with van der Waals surface area (Å²) in [6, 6.07) is 0.395. The van der Waals surface area contributed by atoms with Gasteiger partial charge in [-0.3, -0.25) is 4.68 Å². The van der Waals surface area contributed by atoms with Crippen LogP contribution in [-0.2, 0) is 33.0 Å². The second-order valence-corrected chi connectivity index (χ2v) is 5.39. The molecule has 2 N–H and O–H groups in total. The predicted octanol–water partition coefficient (Wildman–Crippen LogP) is 0.856. The van der Waals surface area contributed by atoms with Gasteiger partial charge in [-0.25, -0.2) is 0 Å². The van der Waals surface area contributed by atoms with Gasteiger partial charge in [0.15, 0.2) is 0 Å². The fraction of sp³-hybridized carbons (Fsp3) is 0.571. The van der Waals surface area contributed by atoms with Crippen molar-refractivity contribution in [2.24, 2.45) is 7.05 Å². The van der Waals surface area contributed by atoms with E-state index in [1.54, 1.807) is 0 Å². The van der Waals surface area contributed by atoms with Crippen LogP contribution in [0.15, 0.2) is 10.7 Å². The molecule has 20 heavy (non-hydrogen) atoms. The molecule has 0 aromatic carbocycles. The van der Waals surface area contributed by atoms with E-state index in [0.29, 0.717) is 11.7 Å². The first kappa shape index (κ1) is 13.3. The second-order valence-electron chi connectivity index (χ2n) is 5.39. The maximum Gasteiger partial charge on any atom is 0.140 e. The van der Waals surface area contributed by atoms with E-state index < -0.39 is 0 Å². The lowest BCUT2D eigenvalue weighted by molar-refractivity contribution is 0.265. The molecule has 2 aromatic heterocycles. The summed E-state index contributed by atoms with van der Waals surface area (Å²) in [6.07, 6.45) is 4.70. The Labute approximate surface area is 117 Å². The van der Waals surface area contributed by atoms with E-state index in [9.17, 15) is 5.11 Å². The molecule has 2 aromatic rings. The molecule has 3 rings (SSSR count). The van der Waals surface area contributed by atoms with E-state index in [-0.39, 0.29) is 6.61 Å². The van der Waals surface area contributed by atoms with Gasteiger partial charge in [0, 0.05) is 42.9 Å². The molecule has 0 radical (unpaired) electrons. The van der Waals surface area contributed by atoms with Crippen LogP contribution >= 0.6 is 0 Å². The van der Waals surface area contributed by atoms with E-state index in [1.165, 1.54) is 11.3 Å². The minimum atomic E-state index is -0.0483. The van der Waals surface area contributed by atoms with Crippen LogP contribution in [-0.4, -0.2) is 26.1 Å². The van der Waals surface area contributed by atoms with Crippen LogP contribution < -0.4 is 5.32 Å². The van der Waals surface area contributed by atoms with Crippen LogP contribution in [0.25, 0.3) is 0 Å². The molecule has 6 nitrogen and oxygen atoms in total. The molecule has 6 heteroatoms. The van der Waals surface area contributed by atoms with Crippen LogP contribution in [0.2, 0.25) is 0 Å². The van der Waals surface area contributed by atoms with Gasteiger partial charge in [0.05, 0.1) is 12.8 Å². The standard InChI is InChI=1S/C14H20N4O2/c1-9-10(7-16-18(9)2)6-15-11-3-4-14-12(5-11)13(8-19)17-20-14/h7,11,15,19H,3-6,8H2,1-2H3. The fourth-order valence-electron chi connectivity index (χ4n) is 2.73. The zero-order chi connectivity index (χ0) is 14.1. The number of hydrogen-bond acceptors (Lipinski definition) is 5. The first-order valence-electron chi connectivity index (χ1n) is 6.97. The Morgan fingerprint density at radius 3 is 3.10 bits per heavy atom. The van der Waals surface area contributed by atoms with E-state index in [4.69, 9.17) is 4.52 Å². The van der Waals surface area contributed by atoms with E-state index in [1.807, 2.05) is 17.9 Å². The summed E-state index contributed by atoms with van der Waals surface area (Å²) >= 11 is 0. The van der Waals surface area contributed by atoms with Crippen LogP contribution in [0.5, 0.6) is 0 Å². The molecular formula is C14H20N4O2. The monoisotopic (exact) mass is 276 g/mol. The topological polar surface area (TPSA) is 76.1 Å². The molecule has 1 atom stereocenters. The van der Waals surface area contributed by atoms with Crippen molar-refractivity contribution in [3.63, 3.8) is 0 Å². The van der Waals surface area contributed by atoms with Crippen molar-refractivity contribution in [2.45, 2.75) is 45.4 Å². The molecule has 0 aliphatic heterocycles. The number of rotatable bonds is 4. The summed E-state index contributed by atoms with van der Waals surface area (Å²) in [5.74, 6) is 0.935. The summed E-state index contributed by atoms with van der Waals surface area (Å²) in [5.41, 5.74) is 4.18. The Kier molecular flexibility index (Phi) is 3.58. The third-order valence-electron chi connectivity index (χ3n) is 4.19. The zero-order valence-electron chi connectivity index (χ0n) is 11.9. The van der Waals surface area contributed by atoms with Crippen molar-refractivity contribution < 1.29 is 9.63 Å². The Morgan fingerprint density at radius 2 is 2.40 bits per heavy atom. The van der Waals surface area contributed by atoms with E-state index in [2.05, 4.69) is 22.5 Å². The summed E-state index contributed by atoms with van der Waals surface area (Å²) in [5, 5.41) is 21.0. The van der Waals surface area contributed by atoms with Gasteiger partial charge >= 0.3 is 0 Å². The summed E-state index contributed by atoms with van der Waals surface area (Å²) in [6.45, 7) is 2.85. The quantitative estimate of drug-likeness (QED) is 0.866. The van der Waals surface area contributed by atoms with Gasteiger partial charge in [-0.05, 0) is 19.8 Å². The first-order chi connectivity index (χ1) is 9.69. The third kappa shape index (κ3) is 2.36. The minimum Gasteiger partial charge on any atom is -0.390 e. The smallest absolute Gasteiger partial charge is 0.140 e. The lowest BCUT2D eigenvalue weighted by Crippen LogP contribution is -2.34. The van der Waals surface area contributed by atoms with Gasteiger partial charge in [-0.15, -0.1) is 0 Å². The SMILES string of the molecule is Cc1c(CNC2CCc3onc(CO)c3C2)cnn1C. The molecule has 1 aliphatic carbocycles. The molecule has 0 fully saturated rings. The minimum absolute atomic E-state index is 0.0483. The first-order valence-corrected chi connectivity index (χ1v) is 6.97. The normalized spacial score (nSPS) is 18.2. The number of fused-ring (bicyclic) bond motifs is 1. The number of nitrogens with one attached hydrogen (secondary N) is 1. The average molecular weight is 276 g/mol. The number of hydrogen-bond donors (Lipinski definition) is 2. The van der Waals surface area contributed by atoms with Crippen molar-refractivity contribution in [2.75, 3.05) is 0 Å². The van der Waals surface area contributed by atoms with Crippen LogP contribution in [0.4, 0.5) is 0 Å². The van der Waals surface area contributed by atoms with Gasteiger partial charge < -0.3 is 14.9 Å². The lowest BCUT2D eigenvalue weighted by atomic mass is 9.92. The maximum absolute atomic E-state index is 9.26. The number of aliphatic hydroxyl groups is 1. The Balaban J connectivity index is 1.64. The van der Waals surface area contributed by atoms with Crippen molar-refractivity contribution in [1.29, 1.82) is 0 Å². The molecule has 108 valence electrons. The third-order valence-corrected chi connectivity index (χ3v) is 4.19. The molecule has 2 heterocycles. The summed E-state index contributed by atoms with van der Waals surface area (Å²) < 4.78 is 7.15. The fourth-order valence-corrected chi connectivity index (χ4v) is 2.73. The number of aliphatic hydroxyl groups excluding tert-OH is 1. The second kappa shape index (κ2) is 5.38. The molecular weight excluding hydrogens is 256 g/mol. The Hall–Kier alpha value is -1.66. The lowest BCUT2D eigenvalue weighted by Gasteiger charge is -2.22. The largest absolute Gasteiger partial charge is 0.390 e. The summed E-state index contributed by atoms with van der Waals surface area (Å²) in [7, 11) is 1.95. The Bertz CT molecular complexity index is 589. The zero-order valence-corrected chi connectivity index (χ0v) is 11.9. The molecule has 1 unspecified atom stereocenters. The van der Waals surface area contributed by atoms with Gasteiger partial charge in [-0.2, -0.15) is 5.10 Å². The maximum atomic E-state index is 9.26. The number of nitrogens with zero attached hydrogens (tertiary/aromatic N) is 3. The highest BCUT2D eigenvalue weighted by atomic mass is 16.5. The Morgan fingerprint density at radius 1 is 1.55 bits per heavy atom. The van der Waals surface area contributed by atoms with Crippen molar-refractivity contribution in [3.8, 4) is 0 Å². The number of aryl methyl sites for hydroxylation is 2. The average Bonchev–Trinajstić information content (AvgIpc) is 3.01. The van der Waals surface area contributed by atoms with Crippen LogP contribution in [0.1, 0.15) is 34.7 Å². The van der Waals surface area contributed by atoms with Crippen molar-refractivity contribution in [3.05, 3.63) is 34.5 Å². The number of aromatic nitrogens is 3. The van der Waals surface area contributed by atoms with Gasteiger partial charge in [-0.1, -0.05) is 5.16 Å². The van der Waals surface area contributed by atoms with Gasteiger partial charge in [0.25, 0.3) is 0 Å². The van der Waals surface area contributed by atoms with Crippen LogP contribution in [0.3, 0.4) is 0 Å². The molecule has 0 saturated heterocycles. The van der Waals surface area contributed by atoms with E-state index in [0.717, 1.165) is 37.1 Å². The molecule has 0 amide bonds. The molecule has 0 spiro atoms. The highest BCUT2D eigenvalue weighted by molar-refractivity contribution is 5.26. The molecule has 0 bridgehead atoms. The highest BCUT2D eigenvalue weighted by Gasteiger charge is 2.25. The highest BCUT2D eigenvalue weighted by Crippen LogP contribution is 2.24. The molecule has 1 aliphatic rings. The van der Waals surface area contributed by atoms with Gasteiger partial charge in [0.1, 0.15) is 11.5 Å². The van der Waals surface area contributed by atoms with Crippen LogP contribution in [0, 0.1) is 6.92 Å². The summed E-state index contributed by atoms with van der Waals surface area (Å²) in [4.78, 5) is 0. The van der Waals surface area contributed by atoms with E-state index >= 15 is 0 Å². The molecule has 0 saturated carbocycles. The van der Waals surface area contributed by atoms with Crippen molar-refractivity contribution >= 4 is 0 Å².